The molecule has 0 bridgehead atoms. The Labute approximate surface area is 90.0 Å². The molecule has 10 heavy (non-hydrogen) atoms. The van der Waals surface area contributed by atoms with E-state index in [1.54, 1.807) is 0 Å². The Balaban J connectivity index is 0.000000810. The normalized spacial score (nSPS) is 25.5. The van der Waals surface area contributed by atoms with Gasteiger partial charge in [-0.1, -0.05) is 19.3 Å². The van der Waals surface area contributed by atoms with Crippen LogP contribution in [0.3, 0.4) is 0 Å². The first-order valence-corrected chi connectivity index (χ1v) is 4.06. The fourth-order valence-corrected chi connectivity index (χ4v) is 1.55. The van der Waals surface area contributed by atoms with E-state index in [1.807, 2.05) is 0 Å². The van der Waals surface area contributed by atoms with Crippen LogP contribution in [0.25, 0.3) is 0 Å². The molecule has 0 spiro atoms. The number of rotatable bonds is 2. The van der Waals surface area contributed by atoms with Crippen molar-refractivity contribution < 1.29 is 32.7 Å². The fraction of sp³-hybridized carbons (Fsp3) is 0.778. The van der Waals surface area contributed by atoms with Crippen molar-refractivity contribution in [2.24, 2.45) is 5.92 Å². The van der Waals surface area contributed by atoms with Gasteiger partial charge >= 0.3 is 0 Å². The second-order valence-electron chi connectivity index (χ2n) is 2.92. The molecule has 0 saturated heterocycles. The van der Waals surface area contributed by atoms with Crippen molar-refractivity contribution in [1.82, 2.24) is 0 Å². The van der Waals surface area contributed by atoms with Crippen molar-refractivity contribution in [3.8, 4) is 0 Å². The quantitative estimate of drug-likeness (QED) is 0.618. The van der Waals surface area contributed by atoms with Gasteiger partial charge in [0.1, 0.15) is 0 Å². The third-order valence-electron chi connectivity index (χ3n) is 2.10. The molecule has 0 heterocycles. The topological polar surface area (TPSA) is 0 Å². The minimum absolute atomic E-state index is 0. The van der Waals surface area contributed by atoms with E-state index in [2.05, 4.69) is 13.3 Å². The summed E-state index contributed by atoms with van der Waals surface area (Å²) in [6, 6.07) is 0. The minimum Gasteiger partial charge on any atom is -0.343 e. The maximum Gasteiger partial charge on any atom is 0 e. The summed E-state index contributed by atoms with van der Waals surface area (Å²) in [5.74, 6) is 0.913. The summed E-state index contributed by atoms with van der Waals surface area (Å²) in [6.07, 6.45) is 10.6. The molecule has 1 saturated carbocycles. The maximum absolute atomic E-state index is 3.86. The first-order valence-electron chi connectivity index (χ1n) is 4.06. The average Bonchev–Trinajstić information content (AvgIpc) is 1.91. The Morgan fingerprint density at radius 1 is 1.40 bits per heavy atom. The van der Waals surface area contributed by atoms with E-state index < -0.39 is 0 Å². The summed E-state index contributed by atoms with van der Waals surface area (Å²) in [5, 5.41) is 0. The van der Waals surface area contributed by atoms with Crippen LogP contribution >= 0.6 is 0 Å². The predicted octanol–water partition coefficient (Wildman–Crippen LogP) is 2.99. The van der Waals surface area contributed by atoms with E-state index in [1.165, 1.54) is 32.1 Å². The summed E-state index contributed by atoms with van der Waals surface area (Å²) in [6.45, 7) is 3.86. The molecule has 1 rings (SSSR count). The van der Waals surface area contributed by atoms with Gasteiger partial charge in [0, 0.05) is 32.7 Å². The standard InChI is InChI=1S/C9H16.Y/c1-2-6-9-7-4-3-5-8-9;/h7,9H,1-6,8H2;/q-2;. The molecule has 1 aliphatic carbocycles. The molecule has 57 valence electrons. The van der Waals surface area contributed by atoms with E-state index in [0.29, 0.717) is 0 Å². The molecule has 1 unspecified atom stereocenters. The van der Waals surface area contributed by atoms with E-state index >= 15 is 0 Å². The second kappa shape index (κ2) is 6.79. The van der Waals surface area contributed by atoms with Gasteiger partial charge in [-0.2, -0.15) is 18.8 Å². The van der Waals surface area contributed by atoms with Gasteiger partial charge in [-0.25, -0.2) is 0 Å². The van der Waals surface area contributed by atoms with E-state index in [9.17, 15) is 0 Å². The Bertz CT molecular complexity index is 62.4. The number of hydrogen-bond donors (Lipinski definition) is 0. The Morgan fingerprint density at radius 2 is 2.20 bits per heavy atom. The summed E-state index contributed by atoms with van der Waals surface area (Å²) in [5.41, 5.74) is 0. The molecular formula is C9H16Y-2. The molecule has 1 radical (unpaired) electrons. The first-order chi connectivity index (χ1) is 4.43. The van der Waals surface area contributed by atoms with Gasteiger partial charge in [-0.3, -0.25) is 0 Å². The fourth-order valence-electron chi connectivity index (χ4n) is 1.55. The minimum atomic E-state index is 0. The van der Waals surface area contributed by atoms with Crippen molar-refractivity contribution in [3.63, 3.8) is 0 Å². The van der Waals surface area contributed by atoms with E-state index in [-0.39, 0.29) is 32.7 Å². The molecular weight excluding hydrogens is 197 g/mol. The van der Waals surface area contributed by atoms with Gasteiger partial charge < -0.3 is 13.3 Å². The smallest absolute Gasteiger partial charge is 0 e. The van der Waals surface area contributed by atoms with E-state index in [0.717, 1.165) is 12.3 Å². The van der Waals surface area contributed by atoms with Gasteiger partial charge in [-0.15, -0.1) is 6.42 Å². The SMILES string of the molecule is [CH2-]CCC1[CH-]CCCC1.[Y]. The molecule has 1 heteroatoms. The van der Waals surface area contributed by atoms with Crippen molar-refractivity contribution in [2.45, 2.75) is 38.5 Å². The van der Waals surface area contributed by atoms with Crippen LogP contribution in [0.15, 0.2) is 0 Å². The molecule has 0 aromatic carbocycles. The van der Waals surface area contributed by atoms with Crippen LogP contribution in [0.5, 0.6) is 0 Å². The molecule has 1 atom stereocenters. The van der Waals surface area contributed by atoms with Gasteiger partial charge in [0.15, 0.2) is 0 Å². The van der Waals surface area contributed by atoms with Crippen LogP contribution < -0.4 is 0 Å². The Kier molecular flexibility index (Phi) is 7.54. The Hall–Kier alpha value is 1.10. The van der Waals surface area contributed by atoms with Crippen molar-refractivity contribution in [1.29, 1.82) is 0 Å². The summed E-state index contributed by atoms with van der Waals surface area (Å²) in [4.78, 5) is 0. The summed E-state index contributed by atoms with van der Waals surface area (Å²) < 4.78 is 0. The van der Waals surface area contributed by atoms with Gasteiger partial charge in [0.25, 0.3) is 0 Å². The first kappa shape index (κ1) is 11.1. The van der Waals surface area contributed by atoms with Crippen LogP contribution in [-0.4, -0.2) is 0 Å². The molecule has 0 aliphatic heterocycles. The molecule has 0 amide bonds. The van der Waals surface area contributed by atoms with Crippen LogP contribution in [0.4, 0.5) is 0 Å². The molecule has 1 aliphatic rings. The third-order valence-corrected chi connectivity index (χ3v) is 2.10. The largest absolute Gasteiger partial charge is 0.343 e. The van der Waals surface area contributed by atoms with Gasteiger partial charge in [-0.05, 0) is 0 Å². The molecule has 0 aromatic heterocycles. The zero-order chi connectivity index (χ0) is 6.53. The summed E-state index contributed by atoms with van der Waals surface area (Å²) >= 11 is 0. The van der Waals surface area contributed by atoms with Crippen LogP contribution in [0, 0.1) is 19.3 Å². The average molecular weight is 213 g/mol. The van der Waals surface area contributed by atoms with Gasteiger partial charge in [0.05, 0.1) is 0 Å². The molecule has 0 nitrogen and oxygen atoms in total. The second-order valence-corrected chi connectivity index (χ2v) is 2.92. The molecule has 0 N–H and O–H groups in total. The number of hydrogen-bond acceptors (Lipinski definition) is 0. The molecule has 0 aromatic rings. The maximum atomic E-state index is 3.86. The molecule has 1 fully saturated rings. The third kappa shape index (κ3) is 4.08. The van der Waals surface area contributed by atoms with Crippen molar-refractivity contribution >= 4 is 0 Å². The van der Waals surface area contributed by atoms with Gasteiger partial charge in [0.2, 0.25) is 0 Å². The van der Waals surface area contributed by atoms with E-state index in [4.69, 9.17) is 0 Å². The zero-order valence-electron chi connectivity index (χ0n) is 6.68. The van der Waals surface area contributed by atoms with Crippen LogP contribution in [-0.2, 0) is 32.7 Å². The van der Waals surface area contributed by atoms with Crippen LogP contribution in [0.2, 0.25) is 0 Å². The summed E-state index contributed by atoms with van der Waals surface area (Å²) in [7, 11) is 0. The van der Waals surface area contributed by atoms with Crippen LogP contribution in [0.1, 0.15) is 38.5 Å². The monoisotopic (exact) mass is 213 g/mol. The van der Waals surface area contributed by atoms with Crippen molar-refractivity contribution in [2.75, 3.05) is 0 Å². The Morgan fingerprint density at radius 3 is 2.70 bits per heavy atom. The predicted molar refractivity (Wildman–Crippen MR) is 40.8 cm³/mol. The zero-order valence-corrected chi connectivity index (χ0v) is 9.52. The van der Waals surface area contributed by atoms with Crippen molar-refractivity contribution in [3.05, 3.63) is 13.3 Å².